The van der Waals surface area contributed by atoms with Gasteiger partial charge in [0, 0.05) is 63.6 Å². The number of likely N-dealkylation sites (tertiary alicyclic amines) is 1. The summed E-state index contributed by atoms with van der Waals surface area (Å²) in [5, 5.41) is 0. The Balaban J connectivity index is 0.00000216. The van der Waals surface area contributed by atoms with E-state index in [9.17, 15) is 18.0 Å². The molecule has 3 heterocycles. The van der Waals surface area contributed by atoms with Gasteiger partial charge in [0.05, 0.1) is 12.1 Å². The number of halogens is 6. The van der Waals surface area contributed by atoms with E-state index in [4.69, 9.17) is 5.73 Å². The molecule has 7 nitrogen and oxygen atoms in total. The molecular formula is C23H32Cl3F3N6O. The minimum Gasteiger partial charge on any atom is -0.342 e. The molecule has 0 atom stereocenters. The number of amides is 1. The summed E-state index contributed by atoms with van der Waals surface area (Å²) in [7, 11) is 0. The van der Waals surface area contributed by atoms with Gasteiger partial charge < -0.3 is 15.5 Å². The molecule has 0 radical (unpaired) electrons. The Morgan fingerprint density at radius 3 is 2.11 bits per heavy atom. The van der Waals surface area contributed by atoms with Crippen molar-refractivity contribution in [2.45, 2.75) is 24.4 Å². The lowest BCUT2D eigenvalue weighted by Gasteiger charge is -2.42. The van der Waals surface area contributed by atoms with E-state index < -0.39 is 17.2 Å². The highest BCUT2D eigenvalue weighted by Crippen LogP contribution is 2.38. The Morgan fingerprint density at radius 2 is 1.56 bits per heavy atom. The Hall–Kier alpha value is -1.85. The first kappa shape index (κ1) is 32.2. The van der Waals surface area contributed by atoms with E-state index in [1.165, 1.54) is 12.1 Å². The number of anilines is 1. The molecule has 0 bridgehead atoms. The molecule has 202 valence electrons. The fraction of sp³-hybridized carbons (Fsp3) is 0.522. The van der Waals surface area contributed by atoms with Crippen LogP contribution < -0.4 is 10.6 Å². The van der Waals surface area contributed by atoms with Gasteiger partial charge in [-0.15, -0.1) is 37.2 Å². The summed E-state index contributed by atoms with van der Waals surface area (Å²) in [4.78, 5) is 27.5. The first-order chi connectivity index (χ1) is 15.8. The first-order valence-electron chi connectivity index (χ1n) is 11.2. The molecule has 1 aromatic heterocycles. The lowest BCUT2D eigenvalue weighted by molar-refractivity contribution is -0.137. The van der Waals surface area contributed by atoms with Crippen molar-refractivity contribution in [3.8, 4) is 0 Å². The van der Waals surface area contributed by atoms with Crippen molar-refractivity contribution >= 4 is 49.1 Å². The fourth-order valence-electron chi connectivity index (χ4n) is 4.67. The average Bonchev–Trinajstić information content (AvgIpc) is 2.84. The monoisotopic (exact) mass is 570 g/mol. The molecule has 36 heavy (non-hydrogen) atoms. The lowest BCUT2D eigenvalue weighted by Crippen LogP contribution is -2.53. The minimum absolute atomic E-state index is 0. The van der Waals surface area contributed by atoms with Crippen LogP contribution in [0.5, 0.6) is 0 Å². The average molecular weight is 572 g/mol. The van der Waals surface area contributed by atoms with Gasteiger partial charge in [0.1, 0.15) is 0 Å². The summed E-state index contributed by atoms with van der Waals surface area (Å²) in [6.07, 6.45) is 0.148. The molecule has 0 saturated carbocycles. The van der Waals surface area contributed by atoms with E-state index in [0.717, 1.165) is 32.2 Å². The number of benzene rings is 1. The molecule has 1 amide bonds. The molecule has 2 fully saturated rings. The van der Waals surface area contributed by atoms with Crippen molar-refractivity contribution in [1.82, 2.24) is 19.8 Å². The van der Waals surface area contributed by atoms with E-state index in [1.54, 1.807) is 24.5 Å². The second kappa shape index (κ2) is 13.6. The molecule has 2 N–H and O–H groups in total. The SMILES string of the molecule is Cl.Cl.Cl.NCC1(c2cccc(C(F)(F)F)c2)CCN(C(=O)CN2CCN(c3ncccn3)CC2)CC1. The van der Waals surface area contributed by atoms with Crippen molar-refractivity contribution in [3.05, 3.63) is 53.9 Å². The van der Waals surface area contributed by atoms with Crippen LogP contribution >= 0.6 is 37.2 Å². The van der Waals surface area contributed by atoms with E-state index in [1.807, 2.05) is 4.90 Å². The van der Waals surface area contributed by atoms with Gasteiger partial charge in [-0.1, -0.05) is 18.2 Å². The maximum Gasteiger partial charge on any atom is 0.416 e. The minimum atomic E-state index is -4.39. The van der Waals surface area contributed by atoms with Crippen LogP contribution in [0.15, 0.2) is 42.7 Å². The van der Waals surface area contributed by atoms with Crippen LogP contribution in [0, 0.1) is 0 Å². The Morgan fingerprint density at radius 1 is 0.944 bits per heavy atom. The smallest absolute Gasteiger partial charge is 0.342 e. The van der Waals surface area contributed by atoms with Gasteiger partial charge in [0.2, 0.25) is 11.9 Å². The van der Waals surface area contributed by atoms with Gasteiger partial charge in [0.15, 0.2) is 0 Å². The van der Waals surface area contributed by atoms with Gasteiger partial charge in [-0.05, 0) is 30.5 Å². The van der Waals surface area contributed by atoms with Gasteiger partial charge >= 0.3 is 6.18 Å². The molecule has 0 aliphatic carbocycles. The Bertz CT molecular complexity index is 954. The number of hydrogen-bond acceptors (Lipinski definition) is 6. The molecular weight excluding hydrogens is 540 g/mol. The van der Waals surface area contributed by atoms with Gasteiger partial charge in [-0.25, -0.2) is 9.97 Å². The second-order valence-corrected chi connectivity index (χ2v) is 8.76. The lowest BCUT2D eigenvalue weighted by atomic mass is 9.72. The van der Waals surface area contributed by atoms with E-state index >= 15 is 0 Å². The van der Waals surface area contributed by atoms with Crippen molar-refractivity contribution in [3.63, 3.8) is 0 Å². The van der Waals surface area contributed by atoms with Crippen molar-refractivity contribution < 1.29 is 18.0 Å². The molecule has 2 aromatic rings. The van der Waals surface area contributed by atoms with Crippen LogP contribution in [0.3, 0.4) is 0 Å². The van der Waals surface area contributed by atoms with Gasteiger partial charge in [-0.2, -0.15) is 13.2 Å². The molecule has 0 spiro atoms. The van der Waals surface area contributed by atoms with Crippen LogP contribution in [0.2, 0.25) is 0 Å². The number of piperazine rings is 1. The summed E-state index contributed by atoms with van der Waals surface area (Å²) < 4.78 is 39.5. The Labute approximate surface area is 227 Å². The number of rotatable bonds is 5. The standard InChI is InChI=1S/C23H29F3N6O.3ClH/c24-23(25,26)19-4-1-3-18(15-19)22(17-27)5-9-31(10-6-22)20(33)16-30-11-13-32(14-12-30)21-28-7-2-8-29-21;;;/h1-4,7-8,15H,5-6,9-14,16-17,27H2;3*1H. The van der Waals surface area contributed by atoms with E-state index in [0.29, 0.717) is 44.0 Å². The molecule has 1 aromatic carbocycles. The maximum atomic E-state index is 13.2. The molecule has 2 aliphatic rings. The number of aromatic nitrogens is 2. The highest BCUT2D eigenvalue weighted by Gasteiger charge is 2.38. The summed E-state index contributed by atoms with van der Waals surface area (Å²) >= 11 is 0. The van der Waals surface area contributed by atoms with Crippen LogP contribution in [0.1, 0.15) is 24.0 Å². The third kappa shape index (κ3) is 7.35. The number of carbonyl (C=O) groups is 1. The first-order valence-corrected chi connectivity index (χ1v) is 11.2. The summed E-state index contributed by atoms with van der Waals surface area (Å²) in [5.41, 5.74) is 5.45. The van der Waals surface area contributed by atoms with Gasteiger partial charge in [-0.3, -0.25) is 9.69 Å². The summed E-state index contributed by atoms with van der Waals surface area (Å²) in [6.45, 7) is 4.56. The van der Waals surface area contributed by atoms with Crippen LogP contribution in [-0.2, 0) is 16.4 Å². The zero-order valence-electron chi connectivity index (χ0n) is 19.7. The highest BCUT2D eigenvalue weighted by molar-refractivity contribution is 5.86. The zero-order valence-corrected chi connectivity index (χ0v) is 22.1. The molecule has 13 heteroatoms. The van der Waals surface area contributed by atoms with Crippen molar-refractivity contribution in [1.29, 1.82) is 0 Å². The van der Waals surface area contributed by atoms with E-state index in [-0.39, 0.29) is 49.7 Å². The summed E-state index contributed by atoms with van der Waals surface area (Å²) in [5.74, 6) is 0.751. The predicted molar refractivity (Wildman–Crippen MR) is 140 cm³/mol. The van der Waals surface area contributed by atoms with Crippen LogP contribution in [0.4, 0.5) is 19.1 Å². The zero-order chi connectivity index (χ0) is 23.5. The number of piperidine rings is 1. The highest BCUT2D eigenvalue weighted by atomic mass is 35.5. The predicted octanol–water partition coefficient (Wildman–Crippen LogP) is 3.40. The fourth-order valence-corrected chi connectivity index (χ4v) is 4.67. The second-order valence-electron chi connectivity index (χ2n) is 8.76. The van der Waals surface area contributed by atoms with Crippen molar-refractivity contribution in [2.24, 2.45) is 5.73 Å². The van der Waals surface area contributed by atoms with Gasteiger partial charge in [0.25, 0.3) is 0 Å². The van der Waals surface area contributed by atoms with E-state index in [2.05, 4.69) is 19.8 Å². The molecule has 2 saturated heterocycles. The largest absolute Gasteiger partial charge is 0.416 e. The number of nitrogens with two attached hydrogens (primary N) is 1. The van der Waals surface area contributed by atoms with Crippen molar-refractivity contribution in [2.75, 3.05) is 57.3 Å². The normalized spacial score (nSPS) is 17.9. The molecule has 4 rings (SSSR count). The van der Waals surface area contributed by atoms with Crippen LogP contribution in [-0.4, -0.2) is 78.0 Å². The quantitative estimate of drug-likeness (QED) is 0.593. The Kier molecular flexibility index (Phi) is 12.2. The number of hydrogen-bond donors (Lipinski definition) is 1. The maximum absolute atomic E-state index is 13.2. The molecule has 0 unspecified atom stereocenters. The number of nitrogens with zero attached hydrogens (tertiary/aromatic N) is 5. The van der Waals surface area contributed by atoms with Crippen LogP contribution in [0.25, 0.3) is 0 Å². The topological polar surface area (TPSA) is 78.6 Å². The summed E-state index contributed by atoms with van der Waals surface area (Å²) in [6, 6.07) is 7.22. The molecule has 2 aliphatic heterocycles. The number of carbonyl (C=O) groups excluding carboxylic acids is 1. The third-order valence-corrected chi connectivity index (χ3v) is 6.83. The number of alkyl halides is 3. The third-order valence-electron chi connectivity index (χ3n) is 6.83.